The fraction of sp³-hybridized carbons (Fsp3) is 0.400. The number of amides is 1. The molecule has 4 heteroatoms. The van der Waals surface area contributed by atoms with E-state index in [1.165, 1.54) is 4.70 Å². The molecule has 3 nitrogen and oxygen atoms in total. The topological polar surface area (TPSA) is 32.3 Å². The van der Waals surface area contributed by atoms with Crippen molar-refractivity contribution in [3.05, 3.63) is 35.2 Å². The molecule has 2 heterocycles. The first-order valence-electron chi connectivity index (χ1n) is 6.58. The highest BCUT2D eigenvalue weighted by atomic mass is 32.1. The van der Waals surface area contributed by atoms with Gasteiger partial charge in [-0.3, -0.25) is 4.79 Å². The smallest absolute Gasteiger partial charge is 0.255 e. The summed E-state index contributed by atoms with van der Waals surface area (Å²) in [6.07, 6.45) is 1.07. The second kappa shape index (κ2) is 4.62. The predicted octanol–water partition coefficient (Wildman–Crippen LogP) is 2.73. The van der Waals surface area contributed by atoms with Gasteiger partial charge in [0.05, 0.1) is 11.1 Å². The van der Waals surface area contributed by atoms with E-state index in [-0.39, 0.29) is 11.4 Å². The van der Waals surface area contributed by atoms with Gasteiger partial charge in [-0.15, -0.1) is 11.3 Å². The molecule has 2 aromatic rings. The number of thiophene rings is 1. The first-order chi connectivity index (χ1) is 9.15. The Labute approximate surface area is 117 Å². The highest BCUT2D eigenvalue weighted by Crippen LogP contribution is 2.34. The van der Waals surface area contributed by atoms with Gasteiger partial charge in [-0.25, -0.2) is 0 Å². The number of nitrogens with zero attached hydrogens (tertiary/aromatic N) is 1. The second-order valence-electron chi connectivity index (χ2n) is 5.38. The summed E-state index contributed by atoms with van der Waals surface area (Å²) >= 11 is 1.64. The van der Waals surface area contributed by atoms with Gasteiger partial charge in [-0.1, -0.05) is 18.2 Å². The fourth-order valence-electron chi connectivity index (χ4n) is 2.81. The number of carbonyl (C=O) groups is 1. The fourth-order valence-corrected chi connectivity index (χ4v) is 3.74. The van der Waals surface area contributed by atoms with Gasteiger partial charge < -0.3 is 10.2 Å². The first-order valence-corrected chi connectivity index (χ1v) is 7.46. The van der Waals surface area contributed by atoms with E-state index in [4.69, 9.17) is 0 Å². The van der Waals surface area contributed by atoms with Crippen LogP contribution in [0.4, 0.5) is 0 Å². The van der Waals surface area contributed by atoms with E-state index in [0.29, 0.717) is 0 Å². The van der Waals surface area contributed by atoms with Crippen molar-refractivity contribution < 1.29 is 4.79 Å². The molecule has 1 atom stereocenters. The summed E-state index contributed by atoms with van der Waals surface area (Å²) in [6.45, 7) is 3.86. The van der Waals surface area contributed by atoms with Gasteiger partial charge in [0.25, 0.3) is 5.91 Å². The van der Waals surface area contributed by atoms with Crippen LogP contribution in [-0.2, 0) is 0 Å². The monoisotopic (exact) mass is 274 g/mol. The number of fused-ring (bicyclic) bond motifs is 1. The number of likely N-dealkylation sites (tertiary alicyclic amines) is 1. The molecule has 1 saturated heterocycles. The Morgan fingerprint density at radius 3 is 2.95 bits per heavy atom. The number of carbonyl (C=O) groups excluding carboxylic acids is 1. The summed E-state index contributed by atoms with van der Waals surface area (Å²) in [5.41, 5.74) is 0.817. The summed E-state index contributed by atoms with van der Waals surface area (Å²) in [4.78, 5) is 14.7. The summed E-state index contributed by atoms with van der Waals surface area (Å²) < 4.78 is 1.18. The van der Waals surface area contributed by atoms with Gasteiger partial charge in [0.15, 0.2) is 0 Å². The second-order valence-corrected chi connectivity index (χ2v) is 6.29. The molecule has 0 spiro atoms. The van der Waals surface area contributed by atoms with Crippen LogP contribution in [0.1, 0.15) is 23.7 Å². The zero-order valence-electron chi connectivity index (χ0n) is 11.3. The summed E-state index contributed by atoms with van der Waals surface area (Å²) in [7, 11) is 1.94. The molecule has 0 unspecified atom stereocenters. The molecule has 3 rings (SSSR count). The number of rotatable bonds is 3. The number of hydrogen-bond acceptors (Lipinski definition) is 3. The van der Waals surface area contributed by atoms with Crippen molar-refractivity contribution in [1.29, 1.82) is 0 Å². The zero-order valence-corrected chi connectivity index (χ0v) is 12.1. The van der Waals surface area contributed by atoms with Crippen molar-refractivity contribution in [1.82, 2.24) is 10.2 Å². The molecule has 1 aromatic heterocycles. The number of likely N-dealkylation sites (N-methyl/N-ethyl adjacent to an activating group) is 1. The molecule has 100 valence electrons. The van der Waals surface area contributed by atoms with Crippen molar-refractivity contribution in [2.45, 2.75) is 18.9 Å². The summed E-state index contributed by atoms with van der Waals surface area (Å²) in [5.74, 6) is 0.168. The van der Waals surface area contributed by atoms with Gasteiger partial charge in [-0.05, 0) is 26.5 Å². The summed E-state index contributed by atoms with van der Waals surface area (Å²) in [6, 6.07) is 8.12. The molecule has 0 bridgehead atoms. The van der Waals surface area contributed by atoms with Crippen molar-refractivity contribution >= 4 is 27.3 Å². The van der Waals surface area contributed by atoms with Crippen LogP contribution in [0.2, 0.25) is 0 Å². The van der Waals surface area contributed by atoms with Crippen molar-refractivity contribution in [2.24, 2.45) is 0 Å². The van der Waals surface area contributed by atoms with Crippen LogP contribution in [0.3, 0.4) is 0 Å². The first kappa shape index (κ1) is 12.6. The molecule has 19 heavy (non-hydrogen) atoms. The van der Waals surface area contributed by atoms with Crippen LogP contribution in [0.5, 0.6) is 0 Å². The maximum absolute atomic E-state index is 12.7. The van der Waals surface area contributed by atoms with E-state index in [1.807, 2.05) is 35.5 Å². The maximum Gasteiger partial charge on any atom is 0.255 e. The van der Waals surface area contributed by atoms with Crippen LogP contribution in [0.15, 0.2) is 29.6 Å². The molecule has 0 aliphatic carbocycles. The van der Waals surface area contributed by atoms with E-state index >= 15 is 0 Å². The lowest BCUT2D eigenvalue weighted by atomic mass is 9.85. The molecular formula is C15H18N2OS. The third-order valence-corrected chi connectivity index (χ3v) is 5.00. The molecule has 1 amide bonds. The Hall–Kier alpha value is -1.39. The van der Waals surface area contributed by atoms with Gasteiger partial charge >= 0.3 is 0 Å². The molecule has 1 N–H and O–H groups in total. The Morgan fingerprint density at radius 1 is 1.47 bits per heavy atom. The Balaban J connectivity index is 1.92. The maximum atomic E-state index is 12.7. The van der Waals surface area contributed by atoms with E-state index in [2.05, 4.69) is 18.3 Å². The average molecular weight is 274 g/mol. The molecular weight excluding hydrogens is 256 g/mol. The van der Waals surface area contributed by atoms with E-state index in [0.717, 1.165) is 30.5 Å². The van der Waals surface area contributed by atoms with Crippen molar-refractivity contribution in [3.8, 4) is 0 Å². The Kier molecular flexibility index (Phi) is 3.07. The number of benzene rings is 1. The third-order valence-electron chi connectivity index (χ3n) is 4.04. The molecule has 1 aliphatic rings. The van der Waals surface area contributed by atoms with Gasteiger partial charge in [-0.2, -0.15) is 0 Å². The van der Waals surface area contributed by atoms with E-state index in [9.17, 15) is 4.79 Å². The lowest BCUT2D eigenvalue weighted by Crippen LogP contribution is -2.64. The van der Waals surface area contributed by atoms with E-state index in [1.54, 1.807) is 11.3 Å². The molecule has 0 saturated carbocycles. The van der Waals surface area contributed by atoms with Gasteiger partial charge in [0.2, 0.25) is 0 Å². The van der Waals surface area contributed by atoms with Gasteiger partial charge in [0, 0.05) is 28.6 Å². The predicted molar refractivity (Wildman–Crippen MR) is 79.8 cm³/mol. The number of nitrogens with one attached hydrogen (secondary N) is 1. The van der Waals surface area contributed by atoms with Crippen molar-refractivity contribution in [3.63, 3.8) is 0 Å². The minimum Gasteiger partial charge on any atom is -0.332 e. The molecule has 1 fully saturated rings. The van der Waals surface area contributed by atoms with E-state index < -0.39 is 0 Å². The Morgan fingerprint density at radius 2 is 2.26 bits per heavy atom. The van der Waals surface area contributed by atoms with Crippen LogP contribution < -0.4 is 5.32 Å². The molecule has 0 radical (unpaired) electrons. The molecule has 1 aromatic carbocycles. The van der Waals surface area contributed by atoms with Crippen molar-refractivity contribution in [2.75, 3.05) is 20.1 Å². The normalized spacial score (nSPS) is 22.5. The van der Waals surface area contributed by atoms with Crippen LogP contribution in [-0.4, -0.2) is 36.5 Å². The summed E-state index contributed by atoms with van der Waals surface area (Å²) in [5, 5.41) is 6.26. The quantitative estimate of drug-likeness (QED) is 0.933. The van der Waals surface area contributed by atoms with Crippen LogP contribution >= 0.6 is 11.3 Å². The number of hydrogen-bond donors (Lipinski definition) is 1. The third kappa shape index (κ3) is 1.95. The minimum atomic E-state index is -0.0329. The van der Waals surface area contributed by atoms with Gasteiger partial charge in [0.1, 0.15) is 0 Å². The minimum absolute atomic E-state index is 0.0329. The lowest BCUT2D eigenvalue weighted by molar-refractivity contribution is 0.00819. The highest BCUT2D eigenvalue weighted by molar-refractivity contribution is 7.17. The largest absolute Gasteiger partial charge is 0.332 e. The Bertz CT molecular complexity index is 621. The SMILES string of the molecule is CNC[C@@]1(C)CCN1C(=O)c1csc2ccccc12. The molecule has 1 aliphatic heterocycles. The van der Waals surface area contributed by atoms with Crippen LogP contribution in [0.25, 0.3) is 10.1 Å². The highest BCUT2D eigenvalue weighted by Gasteiger charge is 2.43. The standard InChI is InChI=1S/C15H18N2OS/c1-15(10-16-2)7-8-17(15)14(18)12-9-19-13-6-4-3-5-11(12)13/h3-6,9,16H,7-8,10H2,1-2H3/t15-/m1/s1. The zero-order chi connectivity index (χ0) is 13.5. The lowest BCUT2D eigenvalue weighted by Gasteiger charge is -2.50. The average Bonchev–Trinajstić information content (AvgIpc) is 2.81. The van der Waals surface area contributed by atoms with Crippen LogP contribution in [0, 0.1) is 0 Å².